The molecule has 36 heavy (non-hydrogen) atoms. The fourth-order valence-electron chi connectivity index (χ4n) is 4.74. The van der Waals surface area contributed by atoms with Crippen LogP contribution in [0.25, 0.3) is 0 Å². The van der Waals surface area contributed by atoms with E-state index in [1.165, 1.54) is 15.9 Å². The molecule has 0 saturated heterocycles. The van der Waals surface area contributed by atoms with Crippen molar-refractivity contribution in [3.05, 3.63) is 91.0 Å². The van der Waals surface area contributed by atoms with Gasteiger partial charge in [-0.05, 0) is 0 Å². The van der Waals surface area contributed by atoms with E-state index in [1.807, 2.05) is 13.8 Å². The maximum atomic E-state index is 12.9. The number of benzene rings is 3. The molecular weight excluding hydrogens is 463 g/mol. The minimum absolute atomic E-state index is 0.0223. The Kier molecular flexibility index (Phi) is 9.66. The molecule has 3 rings (SSSR count). The third-order valence-corrected chi connectivity index (χ3v) is 12.2. The Morgan fingerprint density at radius 1 is 0.861 bits per heavy atom. The quantitative estimate of drug-likeness (QED) is 0.152. The van der Waals surface area contributed by atoms with Crippen LogP contribution in [0.4, 0.5) is 0 Å². The number of amides is 1. The standard InChI is InChI=1S/C30H41N4OP/c1-30(2,21-23-34(3)29(31)32)28(35)33-22-13-14-24-36(25-15-7-4-8-16-25,26-17-9-5-10-18-26)27-19-11-6-12-20-27/h4-12,15-20,36H,13-14,21-24H2,1-3H3,(H3,31,32)(H,33,35). The fraction of sp³-hybridized carbons (Fsp3) is 0.333. The molecule has 3 aromatic rings. The second-order valence-electron chi connectivity index (χ2n) is 10.2. The Bertz CT molecular complexity index is 1010. The average Bonchev–Trinajstić information content (AvgIpc) is 2.90. The number of hydrogen-bond donors (Lipinski definition) is 3. The molecule has 192 valence electrons. The third-order valence-electron chi connectivity index (χ3n) is 7.16. The summed E-state index contributed by atoms with van der Waals surface area (Å²) >= 11 is 0. The normalized spacial score (nSPS) is 12.1. The number of carbonyl (C=O) groups excluding carboxylic acids is 1. The van der Waals surface area contributed by atoms with Crippen molar-refractivity contribution in [2.45, 2.75) is 33.1 Å². The van der Waals surface area contributed by atoms with Gasteiger partial charge in [0.2, 0.25) is 0 Å². The second-order valence-corrected chi connectivity index (χ2v) is 14.2. The van der Waals surface area contributed by atoms with E-state index in [4.69, 9.17) is 11.1 Å². The summed E-state index contributed by atoms with van der Waals surface area (Å²) in [5.41, 5.74) is 5.01. The first-order chi connectivity index (χ1) is 17.3. The van der Waals surface area contributed by atoms with Crippen LogP contribution in [-0.2, 0) is 4.79 Å². The summed E-state index contributed by atoms with van der Waals surface area (Å²) in [6.45, 7) is 5.14. The van der Waals surface area contributed by atoms with Gasteiger partial charge in [0.05, 0.1) is 0 Å². The Morgan fingerprint density at radius 2 is 1.31 bits per heavy atom. The molecule has 0 spiro atoms. The first-order valence-corrected chi connectivity index (χ1v) is 15.0. The van der Waals surface area contributed by atoms with Gasteiger partial charge in [-0.2, -0.15) is 0 Å². The van der Waals surface area contributed by atoms with Crippen molar-refractivity contribution >= 4 is 35.0 Å². The van der Waals surface area contributed by atoms with E-state index in [-0.39, 0.29) is 11.9 Å². The second kappa shape index (κ2) is 12.7. The van der Waals surface area contributed by atoms with E-state index in [0.717, 1.165) is 19.0 Å². The Balaban J connectivity index is 1.71. The monoisotopic (exact) mass is 504 g/mol. The number of carbonyl (C=O) groups is 1. The molecule has 0 radical (unpaired) electrons. The summed E-state index contributed by atoms with van der Waals surface area (Å²) < 4.78 is 0. The van der Waals surface area contributed by atoms with Crippen molar-refractivity contribution in [2.24, 2.45) is 11.1 Å². The van der Waals surface area contributed by atoms with Gasteiger partial charge in [0.1, 0.15) is 0 Å². The Hall–Kier alpha value is -3.17. The van der Waals surface area contributed by atoms with Crippen LogP contribution in [0.3, 0.4) is 0 Å². The number of nitrogens with zero attached hydrogens (tertiary/aromatic N) is 1. The fourth-order valence-corrected chi connectivity index (χ4v) is 9.67. The third kappa shape index (κ3) is 6.73. The molecule has 0 atom stereocenters. The summed E-state index contributed by atoms with van der Waals surface area (Å²) in [5.74, 6) is 0.0752. The van der Waals surface area contributed by atoms with Crippen molar-refractivity contribution in [3.8, 4) is 0 Å². The van der Waals surface area contributed by atoms with Gasteiger partial charge in [-0.3, -0.25) is 0 Å². The maximum absolute atomic E-state index is 12.9. The molecule has 0 saturated carbocycles. The van der Waals surface area contributed by atoms with Crippen molar-refractivity contribution < 1.29 is 4.79 Å². The van der Waals surface area contributed by atoms with Gasteiger partial charge in [-0.25, -0.2) is 0 Å². The number of guanidine groups is 1. The summed E-state index contributed by atoms with van der Waals surface area (Å²) in [4.78, 5) is 14.5. The Labute approximate surface area is 217 Å². The molecule has 1 amide bonds. The van der Waals surface area contributed by atoms with E-state index in [2.05, 4.69) is 96.3 Å². The van der Waals surface area contributed by atoms with Crippen LogP contribution in [0.1, 0.15) is 33.1 Å². The first-order valence-electron chi connectivity index (χ1n) is 12.8. The SMILES string of the molecule is CN(CCC(C)(C)C(=O)NCCCC[PH](c1ccccc1)(c1ccccc1)c1ccccc1)C(=N)N. The van der Waals surface area contributed by atoms with Crippen LogP contribution in [0.5, 0.6) is 0 Å². The van der Waals surface area contributed by atoms with Crippen LogP contribution < -0.4 is 27.0 Å². The van der Waals surface area contributed by atoms with Crippen molar-refractivity contribution in [1.29, 1.82) is 5.41 Å². The topological polar surface area (TPSA) is 82.2 Å². The van der Waals surface area contributed by atoms with E-state index in [0.29, 0.717) is 19.5 Å². The van der Waals surface area contributed by atoms with E-state index in [1.54, 1.807) is 11.9 Å². The predicted molar refractivity (Wildman–Crippen MR) is 157 cm³/mol. The number of rotatable bonds is 12. The van der Waals surface area contributed by atoms with Gasteiger partial charge >= 0.3 is 217 Å². The predicted octanol–water partition coefficient (Wildman–Crippen LogP) is 3.85. The molecule has 0 unspecified atom stereocenters. The van der Waals surface area contributed by atoms with Crippen molar-refractivity contribution in [1.82, 2.24) is 10.2 Å². The van der Waals surface area contributed by atoms with Gasteiger partial charge in [-0.15, -0.1) is 0 Å². The van der Waals surface area contributed by atoms with Crippen molar-refractivity contribution in [2.75, 3.05) is 26.3 Å². The van der Waals surface area contributed by atoms with E-state index >= 15 is 0 Å². The molecule has 0 aliphatic rings. The summed E-state index contributed by atoms with van der Waals surface area (Å²) in [6, 6.07) is 32.9. The summed E-state index contributed by atoms with van der Waals surface area (Å²) in [6.07, 6.45) is 3.67. The molecule has 0 heterocycles. The Morgan fingerprint density at radius 3 is 1.72 bits per heavy atom. The number of hydrogen-bond acceptors (Lipinski definition) is 2. The van der Waals surface area contributed by atoms with Crippen LogP contribution in [0.15, 0.2) is 91.0 Å². The molecule has 0 fully saturated rings. The van der Waals surface area contributed by atoms with Gasteiger partial charge in [0.15, 0.2) is 0 Å². The average molecular weight is 505 g/mol. The molecule has 4 N–H and O–H groups in total. The summed E-state index contributed by atoms with van der Waals surface area (Å²) in [7, 11) is -0.447. The molecule has 5 nitrogen and oxygen atoms in total. The van der Waals surface area contributed by atoms with E-state index in [9.17, 15) is 4.79 Å². The van der Waals surface area contributed by atoms with E-state index < -0.39 is 12.7 Å². The number of unbranched alkanes of at least 4 members (excludes halogenated alkanes) is 1. The van der Waals surface area contributed by atoms with Gasteiger partial charge < -0.3 is 0 Å². The van der Waals surface area contributed by atoms with Crippen molar-refractivity contribution in [3.63, 3.8) is 0 Å². The zero-order chi connectivity index (χ0) is 26.0. The molecule has 6 heteroatoms. The molecule has 3 aromatic carbocycles. The zero-order valence-electron chi connectivity index (χ0n) is 21.8. The molecule has 0 bridgehead atoms. The number of nitrogens with one attached hydrogen (secondary N) is 2. The van der Waals surface area contributed by atoms with Crippen LogP contribution in [0.2, 0.25) is 0 Å². The first kappa shape index (κ1) is 27.4. The molecule has 0 aliphatic carbocycles. The van der Waals surface area contributed by atoms with Crippen LogP contribution in [-0.4, -0.2) is 43.1 Å². The van der Waals surface area contributed by atoms with Crippen LogP contribution >= 0.6 is 7.26 Å². The summed E-state index contributed by atoms with van der Waals surface area (Å²) in [5, 5.41) is 14.9. The molecule has 0 aromatic heterocycles. The molecule has 0 aliphatic heterocycles. The van der Waals surface area contributed by atoms with Gasteiger partial charge in [0.25, 0.3) is 0 Å². The van der Waals surface area contributed by atoms with Gasteiger partial charge in [-0.1, -0.05) is 0 Å². The number of nitrogens with two attached hydrogens (primary N) is 1. The molecular formula is C30H41N4OP. The van der Waals surface area contributed by atoms with Gasteiger partial charge in [0, 0.05) is 0 Å². The van der Waals surface area contributed by atoms with Crippen LogP contribution in [0, 0.1) is 10.8 Å². The zero-order valence-corrected chi connectivity index (χ0v) is 22.8. The minimum atomic E-state index is -2.22.